The van der Waals surface area contributed by atoms with E-state index in [1.807, 2.05) is 66.4 Å². The highest BCUT2D eigenvalue weighted by Crippen LogP contribution is 2.28. The molecule has 1 aliphatic rings. The van der Waals surface area contributed by atoms with E-state index in [0.717, 1.165) is 16.8 Å². The second kappa shape index (κ2) is 12.7. The van der Waals surface area contributed by atoms with Crippen LogP contribution in [0.25, 0.3) is 0 Å². The van der Waals surface area contributed by atoms with Crippen molar-refractivity contribution in [3.05, 3.63) is 99.0 Å². The molecule has 3 aromatic rings. The second-order valence-corrected chi connectivity index (χ2v) is 10.6. The third kappa shape index (κ3) is 7.41. The lowest BCUT2D eigenvalue weighted by molar-refractivity contribution is -0.137. The summed E-state index contributed by atoms with van der Waals surface area (Å²) in [6.07, 6.45) is 1.00. The van der Waals surface area contributed by atoms with E-state index in [0.29, 0.717) is 54.1 Å². The number of carbonyl (C=O) groups is 2. The third-order valence-corrected chi connectivity index (χ3v) is 7.65. The van der Waals surface area contributed by atoms with Crippen LogP contribution in [0.5, 0.6) is 0 Å². The largest absolute Gasteiger partial charge is 0.368 e. The summed E-state index contributed by atoms with van der Waals surface area (Å²) >= 11 is 18.3. The molecule has 0 bridgehead atoms. The molecule has 1 saturated heterocycles. The zero-order chi connectivity index (χ0) is 26.4. The molecule has 194 valence electrons. The van der Waals surface area contributed by atoms with E-state index in [1.165, 1.54) is 0 Å². The minimum absolute atomic E-state index is 0.0796. The van der Waals surface area contributed by atoms with E-state index < -0.39 is 6.04 Å². The molecule has 0 unspecified atom stereocenters. The first-order valence-electron chi connectivity index (χ1n) is 12.4. The zero-order valence-electron chi connectivity index (χ0n) is 20.7. The molecular weight excluding hydrogens is 529 g/mol. The van der Waals surface area contributed by atoms with Crippen molar-refractivity contribution in [3.63, 3.8) is 0 Å². The average molecular weight is 559 g/mol. The van der Waals surface area contributed by atoms with Crippen molar-refractivity contribution < 1.29 is 9.59 Å². The summed E-state index contributed by atoms with van der Waals surface area (Å²) in [6.45, 7) is 4.31. The Bertz CT molecular complexity index is 1210. The van der Waals surface area contributed by atoms with Crippen molar-refractivity contribution in [3.8, 4) is 0 Å². The molecule has 1 heterocycles. The fourth-order valence-corrected chi connectivity index (χ4v) is 4.94. The average Bonchev–Trinajstić information content (AvgIpc) is 2.91. The normalized spacial score (nSPS) is 15.2. The number of nitrogens with zero attached hydrogens (tertiary/aromatic N) is 2. The van der Waals surface area contributed by atoms with E-state index in [-0.39, 0.29) is 17.7 Å². The van der Waals surface area contributed by atoms with Gasteiger partial charge in [0.05, 0.1) is 10.0 Å². The van der Waals surface area contributed by atoms with Gasteiger partial charge in [-0.15, -0.1) is 0 Å². The molecule has 4 rings (SSSR count). The third-order valence-electron chi connectivity index (χ3n) is 6.66. The molecule has 1 aliphatic heterocycles. The van der Waals surface area contributed by atoms with E-state index in [1.54, 1.807) is 18.2 Å². The number of amides is 2. The van der Waals surface area contributed by atoms with Crippen LogP contribution in [-0.4, -0.2) is 48.9 Å². The van der Waals surface area contributed by atoms with Crippen LogP contribution in [0.1, 0.15) is 18.1 Å². The van der Waals surface area contributed by atoms with Crippen LogP contribution < -0.4 is 10.2 Å². The Kier molecular flexibility index (Phi) is 9.36. The highest BCUT2D eigenvalue weighted by atomic mass is 35.5. The Morgan fingerprint density at radius 1 is 0.811 bits per heavy atom. The van der Waals surface area contributed by atoms with Crippen molar-refractivity contribution in [2.75, 3.05) is 31.1 Å². The van der Waals surface area contributed by atoms with E-state index in [4.69, 9.17) is 34.8 Å². The maximum Gasteiger partial charge on any atom is 0.245 e. The van der Waals surface area contributed by atoms with Gasteiger partial charge in [-0.25, -0.2) is 0 Å². The van der Waals surface area contributed by atoms with E-state index in [2.05, 4.69) is 10.2 Å². The predicted octanol–water partition coefficient (Wildman–Crippen LogP) is 5.90. The van der Waals surface area contributed by atoms with Gasteiger partial charge in [-0.05, 0) is 47.9 Å². The van der Waals surface area contributed by atoms with Crippen molar-refractivity contribution in [2.24, 2.45) is 5.92 Å². The molecule has 2 amide bonds. The van der Waals surface area contributed by atoms with Crippen LogP contribution >= 0.6 is 34.8 Å². The molecule has 0 aliphatic carbocycles. The maximum atomic E-state index is 13.7. The molecule has 1 fully saturated rings. The van der Waals surface area contributed by atoms with Crippen LogP contribution in [0, 0.1) is 5.92 Å². The molecule has 5 nitrogen and oxygen atoms in total. The summed E-state index contributed by atoms with van der Waals surface area (Å²) in [5.41, 5.74) is 3.00. The van der Waals surface area contributed by atoms with Gasteiger partial charge < -0.3 is 15.1 Å². The van der Waals surface area contributed by atoms with Gasteiger partial charge in [-0.3, -0.25) is 9.59 Å². The Morgan fingerprint density at radius 2 is 1.46 bits per heavy atom. The van der Waals surface area contributed by atoms with E-state index >= 15 is 0 Å². The first-order valence-corrected chi connectivity index (χ1v) is 13.5. The van der Waals surface area contributed by atoms with Crippen molar-refractivity contribution in [2.45, 2.75) is 25.8 Å². The summed E-state index contributed by atoms with van der Waals surface area (Å²) < 4.78 is 0. The summed E-state index contributed by atoms with van der Waals surface area (Å²) in [6, 6.07) is 22.2. The first kappa shape index (κ1) is 27.3. The van der Waals surface area contributed by atoms with Gasteiger partial charge in [0.2, 0.25) is 11.8 Å². The molecular formula is C29H30Cl3N3O2. The van der Waals surface area contributed by atoms with Gasteiger partial charge in [0.25, 0.3) is 0 Å². The monoisotopic (exact) mass is 557 g/mol. The van der Waals surface area contributed by atoms with Crippen LogP contribution in [-0.2, 0) is 22.4 Å². The molecule has 0 saturated carbocycles. The summed E-state index contributed by atoms with van der Waals surface area (Å²) in [4.78, 5) is 30.8. The minimum Gasteiger partial charge on any atom is -0.368 e. The van der Waals surface area contributed by atoms with Gasteiger partial charge in [0, 0.05) is 49.2 Å². The van der Waals surface area contributed by atoms with Gasteiger partial charge in [-0.1, -0.05) is 84.2 Å². The van der Waals surface area contributed by atoms with Crippen molar-refractivity contribution >= 4 is 52.3 Å². The molecule has 3 aromatic carbocycles. The molecule has 0 radical (unpaired) electrons. The van der Waals surface area contributed by atoms with Gasteiger partial charge >= 0.3 is 0 Å². The summed E-state index contributed by atoms with van der Waals surface area (Å²) in [7, 11) is 0. The lowest BCUT2D eigenvalue weighted by Gasteiger charge is -2.38. The lowest BCUT2D eigenvalue weighted by Crippen LogP contribution is -2.56. The lowest BCUT2D eigenvalue weighted by atomic mass is 9.98. The number of carbonyl (C=O) groups excluding carboxylic acids is 2. The quantitative estimate of drug-likeness (QED) is 0.374. The Balaban J connectivity index is 1.43. The fourth-order valence-electron chi connectivity index (χ4n) is 4.52. The first-order chi connectivity index (χ1) is 17.8. The fraction of sp³-hybridized carbons (Fsp3) is 0.310. The van der Waals surface area contributed by atoms with Crippen LogP contribution in [0.2, 0.25) is 15.1 Å². The van der Waals surface area contributed by atoms with Crippen LogP contribution in [0.3, 0.4) is 0 Å². The van der Waals surface area contributed by atoms with Crippen LogP contribution in [0.4, 0.5) is 5.69 Å². The maximum absolute atomic E-state index is 13.7. The number of benzene rings is 3. The number of halogens is 3. The zero-order valence-corrected chi connectivity index (χ0v) is 22.9. The van der Waals surface area contributed by atoms with Crippen LogP contribution in [0.15, 0.2) is 72.8 Å². The molecule has 1 N–H and O–H groups in total. The SMILES string of the molecule is C[C@H](Cc1ccccc1)C(=O)N[C@H](Cc1ccc(Cl)cc1)C(=O)N1CCN(c2ccc(Cl)c(Cl)c2)CC1. The number of rotatable bonds is 8. The molecule has 37 heavy (non-hydrogen) atoms. The Hall–Kier alpha value is -2.73. The predicted molar refractivity (Wildman–Crippen MR) is 152 cm³/mol. The molecule has 0 aromatic heterocycles. The van der Waals surface area contributed by atoms with Crippen molar-refractivity contribution in [1.82, 2.24) is 10.2 Å². The van der Waals surface area contributed by atoms with Gasteiger partial charge in [0.1, 0.15) is 6.04 Å². The summed E-state index contributed by atoms with van der Waals surface area (Å²) in [5.74, 6) is -0.482. The second-order valence-electron chi connectivity index (χ2n) is 9.39. The molecule has 0 spiro atoms. The standard InChI is InChI=1S/C29H30Cl3N3O2/c1-20(17-21-5-3-2-4-6-21)28(36)33-27(18-22-7-9-23(30)10-8-22)29(37)35-15-13-34(14-16-35)24-11-12-25(31)26(32)19-24/h2-12,19-20,27H,13-18H2,1H3,(H,33,36)/t20-,27-/m1/s1. The van der Waals surface area contributed by atoms with Crippen molar-refractivity contribution in [1.29, 1.82) is 0 Å². The van der Waals surface area contributed by atoms with E-state index in [9.17, 15) is 9.59 Å². The van der Waals surface area contributed by atoms with Gasteiger partial charge in [-0.2, -0.15) is 0 Å². The number of nitrogens with one attached hydrogen (secondary N) is 1. The minimum atomic E-state index is -0.663. The summed E-state index contributed by atoms with van der Waals surface area (Å²) in [5, 5.41) is 4.70. The molecule has 2 atom stereocenters. The Labute approximate surface area is 233 Å². The number of hydrogen-bond donors (Lipinski definition) is 1. The molecule has 8 heteroatoms. The highest BCUT2D eigenvalue weighted by Gasteiger charge is 2.30. The topological polar surface area (TPSA) is 52.7 Å². The Morgan fingerprint density at radius 3 is 2.11 bits per heavy atom. The van der Waals surface area contributed by atoms with Gasteiger partial charge in [0.15, 0.2) is 0 Å². The number of piperazine rings is 1. The number of hydrogen-bond acceptors (Lipinski definition) is 3. The number of anilines is 1. The smallest absolute Gasteiger partial charge is 0.245 e. The highest BCUT2D eigenvalue weighted by molar-refractivity contribution is 6.42.